The minimum Gasteiger partial charge on any atom is -0.495 e. The molecule has 0 saturated carbocycles. The largest absolute Gasteiger partial charge is 0.495 e. The van der Waals surface area contributed by atoms with Crippen LogP contribution >= 0.6 is 0 Å². The number of nitrogens with one attached hydrogen (secondary N) is 1. The molecular weight excluding hydrogens is 202 g/mol. The molecule has 0 aliphatic heterocycles. The van der Waals surface area contributed by atoms with Gasteiger partial charge in [0, 0.05) is 12.8 Å². The number of amides is 1. The summed E-state index contributed by atoms with van der Waals surface area (Å²) in [6, 6.07) is 7.31. The molecule has 16 heavy (non-hydrogen) atoms. The van der Waals surface area contributed by atoms with Crippen molar-refractivity contribution < 1.29 is 9.53 Å². The molecule has 0 aliphatic rings. The van der Waals surface area contributed by atoms with Gasteiger partial charge in [0.25, 0.3) is 0 Å². The van der Waals surface area contributed by atoms with Crippen molar-refractivity contribution in [2.75, 3.05) is 12.4 Å². The Morgan fingerprint density at radius 1 is 1.50 bits per heavy atom. The standard InChI is InChI=1S/C13H15NO2/c1-3-4-5-10-13(15)14-11-8-6-7-9-12(11)16-2/h1,6-9H,4-5,10H2,2H3,(H,14,15). The minimum absolute atomic E-state index is 0.0419. The lowest BCUT2D eigenvalue weighted by atomic mass is 10.2. The molecule has 0 radical (unpaired) electrons. The quantitative estimate of drug-likeness (QED) is 0.607. The fourth-order valence-electron chi connectivity index (χ4n) is 1.31. The molecule has 1 N–H and O–H groups in total. The van der Waals surface area contributed by atoms with Crippen molar-refractivity contribution in [3.05, 3.63) is 24.3 Å². The van der Waals surface area contributed by atoms with Crippen LogP contribution < -0.4 is 10.1 Å². The van der Waals surface area contributed by atoms with E-state index in [1.54, 1.807) is 19.2 Å². The molecule has 0 unspecified atom stereocenters. The Morgan fingerprint density at radius 3 is 2.94 bits per heavy atom. The van der Waals surface area contributed by atoms with Gasteiger partial charge in [0.05, 0.1) is 12.8 Å². The van der Waals surface area contributed by atoms with Gasteiger partial charge in [-0.2, -0.15) is 0 Å². The molecule has 3 nitrogen and oxygen atoms in total. The van der Waals surface area contributed by atoms with E-state index in [1.165, 1.54) is 0 Å². The number of hydrogen-bond donors (Lipinski definition) is 1. The number of carbonyl (C=O) groups is 1. The van der Waals surface area contributed by atoms with Crippen LogP contribution in [0.3, 0.4) is 0 Å². The lowest BCUT2D eigenvalue weighted by Crippen LogP contribution is -2.11. The van der Waals surface area contributed by atoms with Crippen LogP contribution in [0.5, 0.6) is 5.75 Å². The third-order valence-corrected chi connectivity index (χ3v) is 2.11. The average molecular weight is 217 g/mol. The van der Waals surface area contributed by atoms with Gasteiger partial charge in [0.1, 0.15) is 5.75 Å². The number of methoxy groups -OCH3 is 1. The Labute approximate surface area is 95.8 Å². The molecule has 1 amide bonds. The van der Waals surface area contributed by atoms with Crippen LogP contribution in [0, 0.1) is 12.3 Å². The molecule has 0 fully saturated rings. The Balaban J connectivity index is 2.53. The van der Waals surface area contributed by atoms with Gasteiger partial charge in [-0.05, 0) is 18.6 Å². The average Bonchev–Trinajstić information content (AvgIpc) is 2.30. The zero-order valence-corrected chi connectivity index (χ0v) is 9.32. The van der Waals surface area contributed by atoms with Gasteiger partial charge in [-0.25, -0.2) is 0 Å². The van der Waals surface area contributed by atoms with Crippen LogP contribution in [0.15, 0.2) is 24.3 Å². The summed E-state index contributed by atoms with van der Waals surface area (Å²) in [5.41, 5.74) is 0.690. The number of anilines is 1. The Hall–Kier alpha value is -1.95. The van der Waals surface area contributed by atoms with Crippen LogP contribution in [-0.4, -0.2) is 13.0 Å². The van der Waals surface area contributed by atoms with E-state index >= 15 is 0 Å². The molecule has 0 saturated heterocycles. The molecule has 0 heterocycles. The second-order valence-electron chi connectivity index (χ2n) is 3.31. The maximum Gasteiger partial charge on any atom is 0.224 e. The summed E-state index contributed by atoms with van der Waals surface area (Å²) in [7, 11) is 1.57. The molecule has 0 aliphatic carbocycles. The SMILES string of the molecule is C#CCCCC(=O)Nc1ccccc1OC. The van der Waals surface area contributed by atoms with Crippen LogP contribution in [-0.2, 0) is 4.79 Å². The predicted molar refractivity (Wildman–Crippen MR) is 64.3 cm³/mol. The van der Waals surface area contributed by atoms with Gasteiger partial charge in [0.2, 0.25) is 5.91 Å². The lowest BCUT2D eigenvalue weighted by molar-refractivity contribution is -0.116. The van der Waals surface area contributed by atoms with Gasteiger partial charge in [-0.1, -0.05) is 12.1 Å². The summed E-state index contributed by atoms with van der Waals surface area (Å²) >= 11 is 0. The summed E-state index contributed by atoms with van der Waals surface area (Å²) in [6.07, 6.45) is 6.87. The molecule has 1 rings (SSSR count). The van der Waals surface area contributed by atoms with Crippen molar-refractivity contribution in [2.45, 2.75) is 19.3 Å². The first kappa shape index (κ1) is 12.1. The topological polar surface area (TPSA) is 38.3 Å². The maximum atomic E-state index is 11.5. The molecule has 1 aromatic carbocycles. The second kappa shape index (κ2) is 6.52. The second-order valence-corrected chi connectivity index (χ2v) is 3.31. The number of rotatable bonds is 5. The van der Waals surface area contributed by atoms with Crippen LogP contribution in [0.2, 0.25) is 0 Å². The summed E-state index contributed by atoms with van der Waals surface area (Å²) < 4.78 is 5.12. The number of ether oxygens (including phenoxy) is 1. The molecule has 0 bridgehead atoms. The van der Waals surface area contributed by atoms with E-state index in [2.05, 4.69) is 11.2 Å². The van der Waals surface area contributed by atoms with Crippen molar-refractivity contribution in [1.82, 2.24) is 0 Å². The van der Waals surface area contributed by atoms with Gasteiger partial charge < -0.3 is 10.1 Å². The van der Waals surface area contributed by atoms with E-state index in [1.807, 2.05) is 12.1 Å². The van der Waals surface area contributed by atoms with Crippen LogP contribution in [0.1, 0.15) is 19.3 Å². The van der Waals surface area contributed by atoms with Gasteiger partial charge in [0.15, 0.2) is 0 Å². The number of carbonyl (C=O) groups excluding carboxylic acids is 1. The van der Waals surface area contributed by atoms with E-state index in [-0.39, 0.29) is 5.91 Å². The molecule has 84 valence electrons. The fraction of sp³-hybridized carbons (Fsp3) is 0.308. The number of benzene rings is 1. The maximum absolute atomic E-state index is 11.5. The Bertz CT molecular complexity index is 393. The highest BCUT2D eigenvalue weighted by atomic mass is 16.5. The third-order valence-electron chi connectivity index (χ3n) is 2.11. The van der Waals surface area contributed by atoms with Crippen molar-refractivity contribution in [2.24, 2.45) is 0 Å². The van der Waals surface area contributed by atoms with Crippen molar-refractivity contribution >= 4 is 11.6 Å². The molecule has 0 aromatic heterocycles. The fourth-order valence-corrected chi connectivity index (χ4v) is 1.31. The van der Waals surface area contributed by atoms with Crippen molar-refractivity contribution in [3.63, 3.8) is 0 Å². The van der Waals surface area contributed by atoms with E-state index in [4.69, 9.17) is 11.2 Å². The van der Waals surface area contributed by atoms with E-state index in [0.29, 0.717) is 30.7 Å². The smallest absolute Gasteiger partial charge is 0.224 e. The third kappa shape index (κ3) is 3.66. The number of unbranched alkanes of at least 4 members (excludes halogenated alkanes) is 1. The van der Waals surface area contributed by atoms with E-state index in [9.17, 15) is 4.79 Å². The number of terminal acetylenes is 1. The van der Waals surface area contributed by atoms with E-state index < -0.39 is 0 Å². The highest BCUT2D eigenvalue weighted by Crippen LogP contribution is 2.23. The summed E-state index contributed by atoms with van der Waals surface area (Å²) in [4.78, 5) is 11.5. The van der Waals surface area contributed by atoms with Gasteiger partial charge in [-0.15, -0.1) is 12.3 Å². The lowest BCUT2D eigenvalue weighted by Gasteiger charge is -2.09. The van der Waals surface area contributed by atoms with E-state index in [0.717, 1.165) is 0 Å². The summed E-state index contributed by atoms with van der Waals surface area (Å²) in [5, 5.41) is 2.79. The first-order valence-corrected chi connectivity index (χ1v) is 5.14. The monoisotopic (exact) mass is 217 g/mol. The molecule has 1 aromatic rings. The normalized spacial score (nSPS) is 9.25. The Morgan fingerprint density at radius 2 is 2.25 bits per heavy atom. The zero-order chi connectivity index (χ0) is 11.8. The summed E-state index contributed by atoms with van der Waals surface area (Å²) in [6.45, 7) is 0. The number of para-hydroxylation sites is 2. The first-order valence-electron chi connectivity index (χ1n) is 5.14. The van der Waals surface area contributed by atoms with Gasteiger partial charge >= 0.3 is 0 Å². The molecular formula is C13H15NO2. The number of hydrogen-bond acceptors (Lipinski definition) is 2. The van der Waals surface area contributed by atoms with Crippen molar-refractivity contribution in [1.29, 1.82) is 0 Å². The summed E-state index contributed by atoms with van der Waals surface area (Å²) in [5.74, 6) is 3.12. The predicted octanol–water partition coefficient (Wildman–Crippen LogP) is 2.44. The van der Waals surface area contributed by atoms with Crippen LogP contribution in [0.4, 0.5) is 5.69 Å². The molecule has 0 spiro atoms. The zero-order valence-electron chi connectivity index (χ0n) is 9.32. The Kier molecular flexibility index (Phi) is 4.94. The van der Waals surface area contributed by atoms with Gasteiger partial charge in [-0.3, -0.25) is 4.79 Å². The molecule has 3 heteroatoms. The minimum atomic E-state index is -0.0419. The highest BCUT2D eigenvalue weighted by Gasteiger charge is 2.05. The molecule has 0 atom stereocenters. The van der Waals surface area contributed by atoms with Crippen LogP contribution in [0.25, 0.3) is 0 Å². The first-order chi connectivity index (χ1) is 7.77. The highest BCUT2D eigenvalue weighted by molar-refractivity contribution is 5.92. The van der Waals surface area contributed by atoms with Crippen molar-refractivity contribution in [3.8, 4) is 18.1 Å².